The summed E-state index contributed by atoms with van der Waals surface area (Å²) in [7, 11) is 3.16. The fourth-order valence-corrected chi connectivity index (χ4v) is 0.725. The van der Waals surface area contributed by atoms with Gasteiger partial charge < -0.3 is 4.98 Å². The molecule has 7 heavy (non-hydrogen) atoms. The van der Waals surface area contributed by atoms with E-state index in [1.165, 1.54) is 5.70 Å². The van der Waals surface area contributed by atoms with Crippen molar-refractivity contribution in [2.75, 3.05) is 0 Å². The summed E-state index contributed by atoms with van der Waals surface area (Å²) >= 11 is 0. The largest absolute Gasteiger partial charge is 0.416 e. The Morgan fingerprint density at radius 2 is 2.57 bits per heavy atom. The summed E-state index contributed by atoms with van der Waals surface area (Å²) in [5.41, 5.74) is 1.22. The van der Waals surface area contributed by atoms with Gasteiger partial charge in [0.1, 0.15) is 0 Å². The number of nitrogens with one attached hydrogen (secondary N) is 1. The van der Waals surface area contributed by atoms with Gasteiger partial charge in [0, 0.05) is 12.1 Å². The zero-order chi connectivity index (χ0) is 5.11. The van der Waals surface area contributed by atoms with Gasteiger partial charge in [-0.3, -0.25) is 0 Å². The van der Waals surface area contributed by atoms with Crippen molar-refractivity contribution in [3.63, 3.8) is 0 Å². The molecule has 1 N–H and O–H groups in total. The monoisotopic (exact) mass is 108 g/mol. The molecule has 0 heterocycles. The molecule has 0 amide bonds. The molecule has 0 saturated heterocycles. The molecule has 0 aromatic carbocycles. The molecule has 1 rings (SSSR count). The Balaban J connectivity index is 2.45. The van der Waals surface area contributed by atoms with Crippen molar-refractivity contribution in [2.24, 2.45) is 0 Å². The first-order valence-electron chi connectivity index (χ1n) is 2.22. The Kier molecular flexibility index (Phi) is 1.31. The molecule has 1 nitrogen and oxygen atoms in total. The molecule has 0 fully saturated rings. The summed E-state index contributed by atoms with van der Waals surface area (Å²) in [5.74, 6) is 0. The van der Waals surface area contributed by atoms with Crippen molar-refractivity contribution in [1.82, 2.24) is 4.98 Å². The van der Waals surface area contributed by atoms with Crippen LogP contribution in [-0.4, -0.2) is 10.4 Å². The lowest BCUT2D eigenvalue weighted by Crippen LogP contribution is -2.04. The molecule has 1 aliphatic rings. The summed E-state index contributed by atoms with van der Waals surface area (Å²) in [4.78, 5) is 2.87. The van der Waals surface area contributed by atoms with Gasteiger partial charge >= 0.3 is 0 Å². The lowest BCUT2D eigenvalue weighted by Gasteiger charge is -1.93. The maximum absolute atomic E-state index is 3.16. The third-order valence-electron chi connectivity index (χ3n) is 0.932. The van der Waals surface area contributed by atoms with Crippen molar-refractivity contribution in [3.05, 3.63) is 23.9 Å². The van der Waals surface area contributed by atoms with Gasteiger partial charge in [-0.2, -0.15) is 0 Å². The van der Waals surface area contributed by atoms with E-state index < -0.39 is 0 Å². The molecule has 1 aliphatic carbocycles. The Morgan fingerprint density at radius 1 is 1.71 bits per heavy atom. The Labute approximate surface area is 46.6 Å². The zero-order valence-electron chi connectivity index (χ0n) is 3.94. The van der Waals surface area contributed by atoms with Crippen molar-refractivity contribution in [3.8, 4) is 0 Å². The standard InChI is InChI=1S/C5H6NSi/c7-6-5-3-1-2-4-5/h1-3,6H,4H2. The van der Waals surface area contributed by atoms with Gasteiger partial charge in [-0.15, -0.1) is 0 Å². The average Bonchev–Trinajstić information content (AvgIpc) is 2.14. The molecule has 2 heteroatoms. The van der Waals surface area contributed by atoms with Gasteiger partial charge in [0.2, 0.25) is 0 Å². The van der Waals surface area contributed by atoms with Crippen LogP contribution < -0.4 is 4.98 Å². The molecule has 0 aliphatic heterocycles. The zero-order valence-corrected chi connectivity index (χ0v) is 4.94. The summed E-state index contributed by atoms with van der Waals surface area (Å²) in [6.07, 6.45) is 7.20. The number of hydrogen-bond donors (Lipinski definition) is 1. The van der Waals surface area contributed by atoms with E-state index in [4.69, 9.17) is 0 Å². The van der Waals surface area contributed by atoms with Crippen LogP contribution in [0.5, 0.6) is 0 Å². The van der Waals surface area contributed by atoms with Gasteiger partial charge in [0.15, 0.2) is 10.4 Å². The maximum Gasteiger partial charge on any atom is 0.185 e. The second kappa shape index (κ2) is 1.98. The van der Waals surface area contributed by atoms with E-state index in [-0.39, 0.29) is 0 Å². The first kappa shape index (κ1) is 4.65. The van der Waals surface area contributed by atoms with Crippen LogP contribution in [0.4, 0.5) is 0 Å². The second-order valence-electron chi connectivity index (χ2n) is 1.45. The van der Waals surface area contributed by atoms with Gasteiger partial charge in [0.25, 0.3) is 0 Å². The minimum absolute atomic E-state index is 1.03. The van der Waals surface area contributed by atoms with Crippen molar-refractivity contribution in [2.45, 2.75) is 6.42 Å². The van der Waals surface area contributed by atoms with Crippen LogP contribution in [0.1, 0.15) is 6.42 Å². The van der Waals surface area contributed by atoms with Crippen LogP contribution >= 0.6 is 0 Å². The predicted molar refractivity (Wildman–Crippen MR) is 30.7 cm³/mol. The number of rotatable bonds is 1. The molecular formula is C5H6NSi. The van der Waals surface area contributed by atoms with Crippen molar-refractivity contribution < 1.29 is 0 Å². The number of allylic oxidation sites excluding steroid dienone is 3. The van der Waals surface area contributed by atoms with Crippen LogP contribution in [0.25, 0.3) is 0 Å². The molecule has 0 spiro atoms. The van der Waals surface area contributed by atoms with E-state index in [2.05, 4.69) is 21.5 Å². The normalized spacial score (nSPS) is 17.0. The van der Waals surface area contributed by atoms with Gasteiger partial charge in [-0.1, -0.05) is 12.2 Å². The molecule has 0 atom stereocenters. The van der Waals surface area contributed by atoms with E-state index in [1.54, 1.807) is 0 Å². The van der Waals surface area contributed by atoms with E-state index in [9.17, 15) is 0 Å². The molecule has 0 bridgehead atoms. The summed E-state index contributed by atoms with van der Waals surface area (Å²) in [5, 5.41) is 0. The Morgan fingerprint density at radius 3 is 2.86 bits per heavy atom. The molecule has 0 aromatic heterocycles. The Bertz CT molecular complexity index is 115. The first-order valence-corrected chi connectivity index (χ1v) is 2.72. The lowest BCUT2D eigenvalue weighted by molar-refractivity contribution is 1.11. The summed E-state index contributed by atoms with van der Waals surface area (Å²) < 4.78 is 0. The lowest BCUT2D eigenvalue weighted by atomic mass is 10.4. The fourth-order valence-electron chi connectivity index (χ4n) is 0.540. The first-order chi connectivity index (χ1) is 3.43. The van der Waals surface area contributed by atoms with Crippen molar-refractivity contribution in [1.29, 1.82) is 0 Å². The molecule has 35 valence electrons. The third-order valence-corrected chi connectivity index (χ3v) is 1.25. The molecule has 0 saturated carbocycles. The average molecular weight is 108 g/mol. The minimum Gasteiger partial charge on any atom is -0.416 e. The van der Waals surface area contributed by atoms with E-state index in [1.807, 2.05) is 12.2 Å². The minimum atomic E-state index is 1.03. The highest BCUT2D eigenvalue weighted by atomic mass is 28.2. The highest BCUT2D eigenvalue weighted by molar-refractivity contribution is 6.05. The highest BCUT2D eigenvalue weighted by Crippen LogP contribution is 2.03. The Hall–Kier alpha value is -0.503. The van der Waals surface area contributed by atoms with E-state index >= 15 is 0 Å². The van der Waals surface area contributed by atoms with E-state index in [0.717, 1.165) is 6.42 Å². The van der Waals surface area contributed by atoms with Crippen LogP contribution in [0.3, 0.4) is 0 Å². The van der Waals surface area contributed by atoms with Crippen LogP contribution in [0, 0.1) is 0 Å². The predicted octanol–water partition coefficient (Wildman–Crippen LogP) is 0.503. The van der Waals surface area contributed by atoms with Crippen LogP contribution in [-0.2, 0) is 0 Å². The summed E-state index contributed by atoms with van der Waals surface area (Å²) in [6.45, 7) is 0. The fraction of sp³-hybridized carbons (Fsp3) is 0.200. The third kappa shape index (κ3) is 0.931. The van der Waals surface area contributed by atoms with Gasteiger partial charge in [-0.25, -0.2) is 0 Å². The highest BCUT2D eigenvalue weighted by Gasteiger charge is 1.91. The SMILES string of the molecule is [Si]NC1=CC=CC1. The summed E-state index contributed by atoms with van der Waals surface area (Å²) in [6, 6.07) is 0. The maximum atomic E-state index is 3.16. The topological polar surface area (TPSA) is 12.0 Å². The quantitative estimate of drug-likeness (QED) is 0.482. The number of hydrogen-bond acceptors (Lipinski definition) is 1. The van der Waals surface area contributed by atoms with Crippen LogP contribution in [0.15, 0.2) is 23.9 Å². The van der Waals surface area contributed by atoms with Gasteiger partial charge in [-0.05, 0) is 6.08 Å². The van der Waals surface area contributed by atoms with E-state index in [0.29, 0.717) is 0 Å². The molecule has 0 aromatic rings. The molecule has 0 unspecified atom stereocenters. The molecule has 3 radical (unpaired) electrons. The van der Waals surface area contributed by atoms with Gasteiger partial charge in [0.05, 0.1) is 0 Å². The molecular weight excluding hydrogens is 102 g/mol. The smallest absolute Gasteiger partial charge is 0.185 e. The van der Waals surface area contributed by atoms with Crippen LogP contribution in [0.2, 0.25) is 0 Å². The van der Waals surface area contributed by atoms with Crippen molar-refractivity contribution >= 4 is 10.4 Å². The second-order valence-corrected chi connectivity index (χ2v) is 1.70.